The zero-order valence-electron chi connectivity index (χ0n) is 22.8. The van der Waals surface area contributed by atoms with E-state index in [1.165, 1.54) is 17.4 Å². The summed E-state index contributed by atoms with van der Waals surface area (Å²) in [5, 5.41) is 1.88. The molecule has 2 aromatic heterocycles. The molecule has 3 aliphatic rings. The van der Waals surface area contributed by atoms with Crippen LogP contribution in [0.3, 0.4) is 0 Å². The third kappa shape index (κ3) is 5.49. The normalized spacial score (nSPS) is 21.8. The van der Waals surface area contributed by atoms with E-state index in [1.54, 1.807) is 11.0 Å². The Balaban J connectivity index is 1.13. The van der Waals surface area contributed by atoms with Gasteiger partial charge in [0.15, 0.2) is 0 Å². The fourth-order valence-electron chi connectivity index (χ4n) is 6.10. The molecule has 2 atom stereocenters. The first kappa shape index (κ1) is 26.9. The molecule has 9 heteroatoms. The highest BCUT2D eigenvalue weighted by Gasteiger charge is 2.57. The van der Waals surface area contributed by atoms with E-state index in [9.17, 15) is 9.59 Å². The van der Waals surface area contributed by atoms with Crippen LogP contribution in [0.1, 0.15) is 45.5 Å². The Bertz CT molecular complexity index is 1330. The van der Waals surface area contributed by atoms with Crippen molar-refractivity contribution in [2.24, 2.45) is 17.8 Å². The van der Waals surface area contributed by atoms with Gasteiger partial charge in [-0.3, -0.25) is 14.6 Å². The molecule has 1 aromatic carbocycles. The van der Waals surface area contributed by atoms with Crippen LogP contribution in [0.4, 0.5) is 15.8 Å². The fraction of sp³-hybridized carbons (Fsp3) is 0.452. The van der Waals surface area contributed by atoms with Crippen LogP contribution in [0.25, 0.3) is 0 Å². The minimum Gasteiger partial charge on any atom is -0.378 e. The van der Waals surface area contributed by atoms with Gasteiger partial charge in [0.05, 0.1) is 23.8 Å². The van der Waals surface area contributed by atoms with Crippen LogP contribution in [0, 0.1) is 23.6 Å². The third-order valence-electron chi connectivity index (χ3n) is 8.49. The highest BCUT2D eigenvalue weighted by molar-refractivity contribution is 7.12. The van der Waals surface area contributed by atoms with Crippen molar-refractivity contribution in [3.8, 4) is 0 Å². The number of morpholine rings is 1. The number of anilines is 2. The zero-order valence-corrected chi connectivity index (χ0v) is 23.6. The monoisotopic (exact) mass is 562 g/mol. The number of unbranched alkanes of at least 4 members (excludes halogenated alkanes) is 1. The number of pyridine rings is 1. The first-order valence-corrected chi connectivity index (χ1v) is 15.1. The third-order valence-corrected chi connectivity index (χ3v) is 9.34. The molecule has 40 heavy (non-hydrogen) atoms. The summed E-state index contributed by atoms with van der Waals surface area (Å²) in [7, 11) is 0. The molecule has 4 heterocycles. The number of aryl methyl sites for hydroxylation is 1. The zero-order chi connectivity index (χ0) is 27.6. The maximum atomic E-state index is 15.3. The number of carbonyl (C=O) groups excluding carboxylic acids is 2. The van der Waals surface area contributed by atoms with Gasteiger partial charge in [-0.25, -0.2) is 4.39 Å². The molecule has 2 unspecified atom stereocenters. The van der Waals surface area contributed by atoms with Gasteiger partial charge in [0, 0.05) is 44.6 Å². The Morgan fingerprint density at radius 1 is 1.12 bits per heavy atom. The number of halogens is 1. The van der Waals surface area contributed by atoms with Gasteiger partial charge in [-0.2, -0.15) is 0 Å². The van der Waals surface area contributed by atoms with Crippen molar-refractivity contribution in [2.75, 3.05) is 55.7 Å². The van der Waals surface area contributed by atoms with Crippen molar-refractivity contribution in [1.29, 1.82) is 0 Å². The second kappa shape index (κ2) is 11.7. The summed E-state index contributed by atoms with van der Waals surface area (Å²) >= 11 is 1.39. The number of benzene rings is 1. The molecule has 0 bridgehead atoms. The molecular formula is C31H35FN4O3S. The molecule has 7 nitrogen and oxygen atoms in total. The van der Waals surface area contributed by atoms with Crippen LogP contribution >= 0.6 is 11.3 Å². The molecule has 0 N–H and O–H groups in total. The number of piperidine rings is 1. The van der Waals surface area contributed by atoms with Crippen LogP contribution in [-0.2, 0) is 11.2 Å². The van der Waals surface area contributed by atoms with Crippen molar-refractivity contribution in [1.82, 2.24) is 9.88 Å². The van der Waals surface area contributed by atoms with Crippen LogP contribution in [-0.4, -0.2) is 67.6 Å². The summed E-state index contributed by atoms with van der Waals surface area (Å²) in [6, 6.07) is 12.6. The Hall–Kier alpha value is -3.30. The molecular weight excluding hydrogens is 527 g/mol. The van der Waals surface area contributed by atoms with E-state index >= 15 is 4.39 Å². The van der Waals surface area contributed by atoms with Crippen molar-refractivity contribution < 1.29 is 18.7 Å². The average molecular weight is 563 g/mol. The van der Waals surface area contributed by atoms with Crippen LogP contribution < -0.4 is 9.80 Å². The van der Waals surface area contributed by atoms with E-state index in [0.29, 0.717) is 79.7 Å². The van der Waals surface area contributed by atoms with Gasteiger partial charge in [0.1, 0.15) is 11.5 Å². The molecule has 1 saturated carbocycles. The lowest BCUT2D eigenvalue weighted by Gasteiger charge is -2.30. The first-order valence-electron chi connectivity index (χ1n) is 14.2. The molecule has 0 radical (unpaired) electrons. The summed E-state index contributed by atoms with van der Waals surface area (Å²) in [5.41, 5.74) is 2.76. The molecule has 6 rings (SSSR count). The summed E-state index contributed by atoms with van der Waals surface area (Å²) in [6.45, 7) is 6.45. The number of hydrogen-bond acceptors (Lipinski definition) is 6. The molecule has 2 amide bonds. The van der Waals surface area contributed by atoms with E-state index in [0.717, 1.165) is 24.8 Å². The fourth-order valence-corrected chi connectivity index (χ4v) is 6.77. The number of likely N-dealkylation sites (tertiary alicyclic amines) is 1. The molecule has 210 valence electrons. The lowest BCUT2D eigenvalue weighted by molar-refractivity contribution is 0.0760. The standard InChI is InChI=1S/C31H35FN4O3S/c1-2-3-5-21-7-9-27(33-17-21)30(37)35-18-23-24(19-35)25(23)20-36(31(38)29-6-4-15-40-29)22-8-10-28(26(32)16-22)34-11-13-39-14-12-34/h4,6-10,15-17,23-25H,2-3,5,11-14,18-20H2,1H3. The lowest BCUT2D eigenvalue weighted by atomic mass is 10.1. The smallest absolute Gasteiger partial charge is 0.272 e. The number of rotatable bonds is 9. The van der Waals surface area contributed by atoms with Crippen molar-refractivity contribution in [2.45, 2.75) is 26.2 Å². The Morgan fingerprint density at radius 2 is 1.93 bits per heavy atom. The summed E-state index contributed by atoms with van der Waals surface area (Å²) in [4.78, 5) is 37.3. The maximum absolute atomic E-state index is 15.3. The topological polar surface area (TPSA) is 66.0 Å². The van der Waals surface area contributed by atoms with Crippen molar-refractivity contribution in [3.05, 3.63) is 76.0 Å². The molecule has 0 spiro atoms. The van der Waals surface area contributed by atoms with E-state index in [4.69, 9.17) is 4.74 Å². The second-order valence-corrected chi connectivity index (χ2v) is 11.9. The SMILES string of the molecule is CCCCc1ccc(C(=O)N2CC3C(C2)C3CN(C(=O)c2cccs2)c2ccc(N3CCOCC3)c(F)c2)nc1. The molecule has 2 saturated heterocycles. The van der Waals surface area contributed by atoms with Gasteiger partial charge in [-0.1, -0.05) is 25.5 Å². The molecule has 2 aliphatic heterocycles. The second-order valence-electron chi connectivity index (χ2n) is 11.0. The van der Waals surface area contributed by atoms with Gasteiger partial charge >= 0.3 is 0 Å². The quantitative estimate of drug-likeness (QED) is 0.362. The van der Waals surface area contributed by atoms with E-state index in [-0.39, 0.29) is 23.5 Å². The van der Waals surface area contributed by atoms with Gasteiger partial charge in [-0.05, 0) is 71.9 Å². The molecule has 3 aromatic rings. The first-order chi connectivity index (χ1) is 19.5. The Morgan fingerprint density at radius 3 is 2.58 bits per heavy atom. The van der Waals surface area contributed by atoms with E-state index in [2.05, 4.69) is 11.9 Å². The van der Waals surface area contributed by atoms with Crippen molar-refractivity contribution in [3.63, 3.8) is 0 Å². The van der Waals surface area contributed by atoms with Gasteiger partial charge in [0.2, 0.25) is 0 Å². The Kier molecular flexibility index (Phi) is 7.85. The van der Waals surface area contributed by atoms with E-state index in [1.807, 2.05) is 51.7 Å². The number of fused-ring (bicyclic) bond motifs is 1. The number of thiophene rings is 1. The summed E-state index contributed by atoms with van der Waals surface area (Å²) in [5.74, 6) is 0.482. The summed E-state index contributed by atoms with van der Waals surface area (Å²) < 4.78 is 20.7. The number of hydrogen-bond donors (Lipinski definition) is 0. The van der Waals surface area contributed by atoms with Gasteiger partial charge in [-0.15, -0.1) is 11.3 Å². The highest BCUT2D eigenvalue weighted by atomic mass is 32.1. The number of aromatic nitrogens is 1. The lowest BCUT2D eigenvalue weighted by Crippen LogP contribution is -2.38. The molecule has 3 fully saturated rings. The number of amides is 2. The number of ether oxygens (including phenoxy) is 1. The number of nitrogens with zero attached hydrogens (tertiary/aromatic N) is 4. The van der Waals surface area contributed by atoms with Crippen molar-refractivity contribution >= 4 is 34.5 Å². The highest BCUT2D eigenvalue weighted by Crippen LogP contribution is 2.52. The predicted molar refractivity (Wildman–Crippen MR) is 155 cm³/mol. The van der Waals surface area contributed by atoms with E-state index < -0.39 is 0 Å². The predicted octanol–water partition coefficient (Wildman–Crippen LogP) is 5.13. The maximum Gasteiger partial charge on any atom is 0.272 e. The molecule has 1 aliphatic carbocycles. The largest absolute Gasteiger partial charge is 0.378 e. The number of carbonyl (C=O) groups is 2. The van der Waals surface area contributed by atoms with Gasteiger partial charge < -0.3 is 19.4 Å². The minimum absolute atomic E-state index is 0.0275. The van der Waals surface area contributed by atoms with Crippen LogP contribution in [0.2, 0.25) is 0 Å². The summed E-state index contributed by atoms with van der Waals surface area (Å²) in [6.07, 6.45) is 5.04. The minimum atomic E-state index is -0.329. The van der Waals surface area contributed by atoms with Crippen LogP contribution in [0.15, 0.2) is 54.0 Å². The Labute approximate surface area is 238 Å². The van der Waals surface area contributed by atoms with Crippen LogP contribution in [0.5, 0.6) is 0 Å². The van der Waals surface area contributed by atoms with Gasteiger partial charge in [0.25, 0.3) is 11.8 Å². The average Bonchev–Trinajstić information content (AvgIpc) is 3.37.